The van der Waals surface area contributed by atoms with Crippen LogP contribution in [0.3, 0.4) is 0 Å². The zero-order chi connectivity index (χ0) is 15.5. The van der Waals surface area contributed by atoms with Crippen molar-refractivity contribution >= 4 is 23.1 Å². The van der Waals surface area contributed by atoms with E-state index in [1.165, 1.54) is 11.3 Å². The number of nitrogen functional groups attached to an aromatic ring is 1. The van der Waals surface area contributed by atoms with Crippen LogP contribution in [0.15, 0.2) is 23.8 Å². The average Bonchev–Trinajstić information content (AvgIpc) is 2.96. The van der Waals surface area contributed by atoms with Crippen LogP contribution >= 0.6 is 11.3 Å². The first-order valence-corrected chi connectivity index (χ1v) is 7.43. The Balaban J connectivity index is 2.19. The largest absolute Gasteiger partial charge is 0.347 e. The molecule has 0 aromatic carbocycles. The highest BCUT2D eigenvalue weighted by Gasteiger charge is 2.19. The minimum absolute atomic E-state index is 0.159. The van der Waals surface area contributed by atoms with Crippen LogP contribution < -0.4 is 16.6 Å². The molecule has 21 heavy (non-hydrogen) atoms. The van der Waals surface area contributed by atoms with Crippen molar-refractivity contribution in [3.8, 4) is 0 Å². The summed E-state index contributed by atoms with van der Waals surface area (Å²) in [5, 5.41) is 2.87. The second-order valence-corrected chi connectivity index (χ2v) is 6.64. The molecule has 1 amide bonds. The van der Waals surface area contributed by atoms with Crippen molar-refractivity contribution in [1.82, 2.24) is 15.3 Å². The van der Waals surface area contributed by atoms with Gasteiger partial charge in [-0.25, -0.2) is 10.8 Å². The lowest BCUT2D eigenvalue weighted by atomic mass is 9.90. The van der Waals surface area contributed by atoms with Crippen LogP contribution in [0, 0.1) is 0 Å². The van der Waals surface area contributed by atoms with E-state index in [0.717, 1.165) is 10.6 Å². The van der Waals surface area contributed by atoms with E-state index in [9.17, 15) is 4.79 Å². The number of aromatic nitrogens is 2. The molecule has 0 aliphatic heterocycles. The molecule has 0 unspecified atom stereocenters. The quantitative estimate of drug-likeness (QED) is 0.594. The summed E-state index contributed by atoms with van der Waals surface area (Å²) in [5.41, 5.74) is 5.42. The van der Waals surface area contributed by atoms with Crippen LogP contribution in [-0.4, -0.2) is 15.9 Å². The molecule has 0 atom stereocenters. The number of hydrazine groups is 1. The van der Waals surface area contributed by atoms with Crippen molar-refractivity contribution in [2.75, 3.05) is 5.43 Å². The number of pyridine rings is 1. The number of nitrogens with zero attached hydrogens (tertiary/aromatic N) is 2. The summed E-state index contributed by atoms with van der Waals surface area (Å²) in [4.78, 5) is 21.6. The molecular formula is C14H19N5OS. The van der Waals surface area contributed by atoms with Crippen LogP contribution in [0.25, 0.3) is 0 Å². The van der Waals surface area contributed by atoms with E-state index in [0.29, 0.717) is 17.9 Å². The van der Waals surface area contributed by atoms with Crippen LogP contribution in [-0.2, 0) is 12.0 Å². The van der Waals surface area contributed by atoms with Crippen LogP contribution in [0.5, 0.6) is 0 Å². The van der Waals surface area contributed by atoms with Gasteiger partial charge in [0.05, 0.1) is 12.1 Å². The minimum Gasteiger partial charge on any atom is -0.347 e. The van der Waals surface area contributed by atoms with Gasteiger partial charge in [-0.15, -0.1) is 11.3 Å². The summed E-state index contributed by atoms with van der Waals surface area (Å²) in [5.74, 6) is 5.75. The lowest BCUT2D eigenvalue weighted by molar-refractivity contribution is 0.0951. The maximum Gasteiger partial charge on any atom is 0.251 e. The molecule has 6 nitrogen and oxygen atoms in total. The number of hydrogen-bond acceptors (Lipinski definition) is 6. The fourth-order valence-electron chi connectivity index (χ4n) is 1.72. The van der Waals surface area contributed by atoms with Gasteiger partial charge in [0.2, 0.25) is 0 Å². The summed E-state index contributed by atoms with van der Waals surface area (Å²) in [7, 11) is 0. The van der Waals surface area contributed by atoms with Crippen molar-refractivity contribution in [3.05, 3.63) is 40.0 Å². The summed E-state index contributed by atoms with van der Waals surface area (Å²) < 4.78 is 0. The SMILES string of the molecule is CC(C)(C)c1cc(C(=O)NCc2cncs2)cc(NN)n1. The van der Waals surface area contributed by atoms with E-state index in [1.807, 2.05) is 20.8 Å². The lowest BCUT2D eigenvalue weighted by Gasteiger charge is -2.19. The molecule has 0 bridgehead atoms. The minimum atomic E-state index is -0.167. The second kappa shape index (κ2) is 6.19. The maximum atomic E-state index is 12.3. The Morgan fingerprint density at radius 1 is 1.38 bits per heavy atom. The van der Waals surface area contributed by atoms with Gasteiger partial charge in [0.15, 0.2) is 0 Å². The third-order valence-corrected chi connectivity index (χ3v) is 3.69. The third kappa shape index (κ3) is 3.99. The highest BCUT2D eigenvalue weighted by atomic mass is 32.1. The first kappa shape index (κ1) is 15.4. The smallest absolute Gasteiger partial charge is 0.251 e. The van der Waals surface area contributed by atoms with Crippen molar-refractivity contribution in [2.45, 2.75) is 32.7 Å². The molecule has 0 spiro atoms. The highest BCUT2D eigenvalue weighted by Crippen LogP contribution is 2.23. The predicted octanol–water partition coefficient (Wildman–Crippen LogP) is 2.05. The van der Waals surface area contributed by atoms with Gasteiger partial charge in [-0.2, -0.15) is 0 Å². The Kier molecular flexibility index (Phi) is 4.54. The van der Waals surface area contributed by atoms with Gasteiger partial charge in [-0.05, 0) is 12.1 Å². The number of thiazole rings is 1. The van der Waals surface area contributed by atoms with Gasteiger partial charge >= 0.3 is 0 Å². The Morgan fingerprint density at radius 2 is 2.14 bits per heavy atom. The highest BCUT2D eigenvalue weighted by molar-refractivity contribution is 7.09. The number of amides is 1. The topological polar surface area (TPSA) is 92.9 Å². The van der Waals surface area contributed by atoms with Gasteiger partial charge in [0, 0.05) is 27.7 Å². The van der Waals surface area contributed by atoms with E-state index in [1.54, 1.807) is 23.8 Å². The Bertz CT molecular complexity index is 619. The van der Waals surface area contributed by atoms with E-state index in [2.05, 4.69) is 20.7 Å². The number of carbonyl (C=O) groups is 1. The molecule has 7 heteroatoms. The lowest BCUT2D eigenvalue weighted by Crippen LogP contribution is -2.24. The molecule has 2 heterocycles. The summed E-state index contributed by atoms with van der Waals surface area (Å²) in [6, 6.07) is 3.43. The number of rotatable bonds is 4. The second-order valence-electron chi connectivity index (χ2n) is 5.67. The fraction of sp³-hybridized carbons (Fsp3) is 0.357. The van der Waals surface area contributed by atoms with Gasteiger partial charge in [-0.3, -0.25) is 9.78 Å². The molecule has 0 saturated carbocycles. The number of nitrogens with one attached hydrogen (secondary N) is 2. The van der Waals surface area contributed by atoms with Crippen molar-refractivity contribution in [3.63, 3.8) is 0 Å². The van der Waals surface area contributed by atoms with Gasteiger partial charge in [0.25, 0.3) is 5.91 Å². The van der Waals surface area contributed by atoms with E-state index >= 15 is 0 Å². The molecule has 0 aliphatic carbocycles. The molecular weight excluding hydrogens is 286 g/mol. The van der Waals surface area contributed by atoms with E-state index < -0.39 is 0 Å². The number of nitrogens with two attached hydrogens (primary N) is 1. The Morgan fingerprint density at radius 3 is 2.71 bits per heavy atom. The first-order chi connectivity index (χ1) is 9.90. The molecule has 2 rings (SSSR count). The predicted molar refractivity (Wildman–Crippen MR) is 84.0 cm³/mol. The Hall–Kier alpha value is -1.99. The van der Waals surface area contributed by atoms with Crippen molar-refractivity contribution in [2.24, 2.45) is 5.84 Å². The first-order valence-electron chi connectivity index (χ1n) is 6.55. The van der Waals surface area contributed by atoms with Gasteiger partial charge in [-0.1, -0.05) is 20.8 Å². The molecule has 0 radical (unpaired) electrons. The zero-order valence-electron chi connectivity index (χ0n) is 12.3. The zero-order valence-corrected chi connectivity index (χ0v) is 13.1. The fourth-order valence-corrected chi connectivity index (χ4v) is 2.25. The van der Waals surface area contributed by atoms with E-state index in [4.69, 9.17) is 5.84 Å². The van der Waals surface area contributed by atoms with Crippen molar-refractivity contribution < 1.29 is 4.79 Å². The van der Waals surface area contributed by atoms with Crippen molar-refractivity contribution in [1.29, 1.82) is 0 Å². The number of hydrogen-bond donors (Lipinski definition) is 3. The maximum absolute atomic E-state index is 12.3. The summed E-state index contributed by atoms with van der Waals surface area (Å²) in [6.07, 6.45) is 1.74. The standard InChI is InChI=1S/C14H19N5OS/c1-14(2,3)11-4-9(5-12(18-11)19-15)13(20)17-7-10-6-16-8-21-10/h4-6,8H,7,15H2,1-3H3,(H,17,20)(H,18,19). The molecule has 0 fully saturated rings. The van der Waals surface area contributed by atoms with Gasteiger partial charge < -0.3 is 10.7 Å². The number of carbonyl (C=O) groups excluding carboxylic acids is 1. The van der Waals surface area contributed by atoms with Crippen LogP contribution in [0.1, 0.15) is 41.7 Å². The monoisotopic (exact) mass is 305 g/mol. The third-order valence-electron chi connectivity index (χ3n) is 2.91. The van der Waals surface area contributed by atoms with Crippen LogP contribution in [0.2, 0.25) is 0 Å². The average molecular weight is 305 g/mol. The normalized spacial score (nSPS) is 11.2. The summed E-state index contributed by atoms with van der Waals surface area (Å²) in [6.45, 7) is 6.57. The molecule has 2 aromatic heterocycles. The van der Waals surface area contributed by atoms with Gasteiger partial charge in [0.1, 0.15) is 5.82 Å². The number of anilines is 1. The molecule has 0 aliphatic rings. The molecule has 2 aromatic rings. The summed E-state index contributed by atoms with van der Waals surface area (Å²) >= 11 is 1.50. The van der Waals surface area contributed by atoms with E-state index in [-0.39, 0.29) is 11.3 Å². The molecule has 112 valence electrons. The van der Waals surface area contributed by atoms with Crippen LogP contribution in [0.4, 0.5) is 5.82 Å². The molecule has 0 saturated heterocycles. The Labute approximate surface area is 127 Å². The molecule has 4 N–H and O–H groups in total.